The van der Waals surface area contributed by atoms with E-state index in [-0.39, 0.29) is 18.3 Å². The fourth-order valence-corrected chi connectivity index (χ4v) is 7.18. The van der Waals surface area contributed by atoms with Crippen molar-refractivity contribution in [2.75, 3.05) is 11.1 Å². The molecule has 4 aromatic carbocycles. The molecule has 0 radical (unpaired) electrons. The number of rotatable bonds is 11. The summed E-state index contributed by atoms with van der Waals surface area (Å²) < 4.78 is 11.0. The second-order valence-corrected chi connectivity index (χ2v) is 13.2. The molecule has 210 valence electrons. The van der Waals surface area contributed by atoms with E-state index in [1.54, 1.807) is 23.1 Å². The van der Waals surface area contributed by atoms with Crippen molar-refractivity contribution in [2.24, 2.45) is 0 Å². The van der Waals surface area contributed by atoms with Crippen molar-refractivity contribution in [1.29, 1.82) is 0 Å². The van der Waals surface area contributed by atoms with Gasteiger partial charge in [0.2, 0.25) is 5.91 Å². The monoisotopic (exact) mass is 673 g/mol. The molecule has 1 N–H and O–H groups in total. The predicted octanol–water partition coefficient (Wildman–Crippen LogP) is 8.24. The number of amides is 1. The number of hydrogen-bond acceptors (Lipinski definition) is 8. The number of thiazole rings is 1. The largest absolute Gasteiger partial charge is 0.486 e. The van der Waals surface area contributed by atoms with Crippen LogP contribution in [0.4, 0.5) is 5.69 Å². The molecule has 0 spiro atoms. The van der Waals surface area contributed by atoms with Crippen molar-refractivity contribution in [3.63, 3.8) is 0 Å². The average Bonchev–Trinajstić information content (AvgIpc) is 3.63. The molecule has 0 fully saturated rings. The molecule has 42 heavy (non-hydrogen) atoms. The highest BCUT2D eigenvalue weighted by molar-refractivity contribution is 9.10. The van der Waals surface area contributed by atoms with Gasteiger partial charge in [-0.2, -0.15) is 0 Å². The maximum absolute atomic E-state index is 12.9. The molecule has 0 aliphatic rings. The summed E-state index contributed by atoms with van der Waals surface area (Å²) >= 11 is 8.15. The number of halogens is 1. The highest BCUT2D eigenvalue weighted by Crippen LogP contribution is 2.33. The van der Waals surface area contributed by atoms with Gasteiger partial charge in [0.1, 0.15) is 12.4 Å². The Morgan fingerprint density at radius 3 is 2.45 bits per heavy atom. The van der Waals surface area contributed by atoms with Crippen LogP contribution in [0.2, 0.25) is 0 Å². The molecule has 7 nitrogen and oxygen atoms in total. The number of aromatic nitrogens is 4. The Kier molecular flexibility index (Phi) is 9.19. The minimum atomic E-state index is -0.126. The molecule has 0 saturated carbocycles. The maximum Gasteiger partial charge on any atom is 0.234 e. The zero-order chi connectivity index (χ0) is 28.7. The summed E-state index contributed by atoms with van der Waals surface area (Å²) in [4.78, 5) is 17.7. The first-order chi connectivity index (χ1) is 20.6. The quantitative estimate of drug-likeness (QED) is 0.139. The van der Waals surface area contributed by atoms with Crippen LogP contribution in [0.5, 0.6) is 5.75 Å². The van der Waals surface area contributed by atoms with E-state index in [9.17, 15) is 4.79 Å². The summed E-state index contributed by atoms with van der Waals surface area (Å²) in [6, 6.07) is 33.5. The molecule has 2 heterocycles. The number of thioether (sulfide) groups is 2. The second-order valence-electron chi connectivity index (χ2n) is 9.09. The number of ether oxygens (including phenoxy) is 1. The Hall–Kier alpha value is -3.64. The summed E-state index contributed by atoms with van der Waals surface area (Å²) in [5, 5.41) is 12.4. The molecule has 0 saturated heterocycles. The third-order valence-corrected chi connectivity index (χ3v) is 9.78. The van der Waals surface area contributed by atoms with Crippen molar-refractivity contribution >= 4 is 72.6 Å². The molecule has 6 aromatic rings. The lowest BCUT2D eigenvalue weighted by Gasteiger charge is -2.11. The van der Waals surface area contributed by atoms with Gasteiger partial charge < -0.3 is 10.1 Å². The van der Waals surface area contributed by atoms with Crippen LogP contribution in [0, 0.1) is 0 Å². The Labute approximate surface area is 263 Å². The van der Waals surface area contributed by atoms with Gasteiger partial charge in [-0.25, -0.2) is 4.98 Å². The summed E-state index contributed by atoms with van der Waals surface area (Å²) in [5.74, 6) is 2.30. The molecule has 1 amide bonds. The minimum Gasteiger partial charge on any atom is -0.486 e. The van der Waals surface area contributed by atoms with Crippen LogP contribution in [0.3, 0.4) is 0 Å². The zero-order valence-electron chi connectivity index (χ0n) is 22.1. The normalized spacial score (nSPS) is 11.1. The van der Waals surface area contributed by atoms with E-state index in [0.29, 0.717) is 11.0 Å². The lowest BCUT2D eigenvalue weighted by atomic mass is 10.2. The third-order valence-electron chi connectivity index (χ3n) is 6.09. The van der Waals surface area contributed by atoms with E-state index < -0.39 is 0 Å². The van der Waals surface area contributed by atoms with Gasteiger partial charge in [-0.3, -0.25) is 9.36 Å². The molecule has 0 unspecified atom stereocenters. The fourth-order valence-electron chi connectivity index (χ4n) is 4.08. The lowest BCUT2D eigenvalue weighted by Crippen LogP contribution is -2.14. The van der Waals surface area contributed by atoms with Crippen LogP contribution < -0.4 is 10.1 Å². The van der Waals surface area contributed by atoms with E-state index >= 15 is 0 Å². The van der Waals surface area contributed by atoms with Gasteiger partial charge in [0.05, 0.1) is 16.0 Å². The maximum atomic E-state index is 12.9. The smallest absolute Gasteiger partial charge is 0.234 e. The Bertz CT molecular complexity index is 1790. The lowest BCUT2D eigenvalue weighted by molar-refractivity contribution is -0.113. The summed E-state index contributed by atoms with van der Waals surface area (Å²) in [5.41, 5.74) is 3.81. The van der Waals surface area contributed by atoms with E-state index in [0.717, 1.165) is 41.9 Å². The summed E-state index contributed by atoms with van der Waals surface area (Å²) in [6.45, 7) is 0.247. The van der Waals surface area contributed by atoms with Crippen molar-refractivity contribution < 1.29 is 9.53 Å². The molecule has 0 atom stereocenters. The molecule has 6 rings (SSSR count). The van der Waals surface area contributed by atoms with Crippen LogP contribution in [0.15, 0.2) is 117 Å². The van der Waals surface area contributed by atoms with E-state index in [4.69, 9.17) is 9.72 Å². The number of fused-ring (bicyclic) bond motifs is 1. The number of nitrogens with one attached hydrogen (secondary N) is 1. The van der Waals surface area contributed by atoms with E-state index in [1.807, 2.05) is 95.6 Å². The molecule has 0 aliphatic heterocycles. The average molecular weight is 675 g/mol. The molecule has 0 aliphatic carbocycles. The van der Waals surface area contributed by atoms with Crippen LogP contribution in [-0.4, -0.2) is 31.4 Å². The van der Waals surface area contributed by atoms with Gasteiger partial charge in [-0.05, 0) is 60.2 Å². The predicted molar refractivity (Wildman–Crippen MR) is 175 cm³/mol. The first-order valence-corrected chi connectivity index (χ1v) is 16.6. The zero-order valence-corrected chi connectivity index (χ0v) is 26.2. The molecule has 2 aromatic heterocycles. The highest BCUT2D eigenvalue weighted by Gasteiger charge is 2.17. The first-order valence-electron chi connectivity index (χ1n) is 13.0. The van der Waals surface area contributed by atoms with E-state index in [2.05, 4.69) is 43.6 Å². The van der Waals surface area contributed by atoms with Crippen molar-refractivity contribution in [3.8, 4) is 11.4 Å². The van der Waals surface area contributed by atoms with Crippen LogP contribution >= 0.6 is 50.8 Å². The van der Waals surface area contributed by atoms with E-state index in [1.165, 1.54) is 17.3 Å². The van der Waals surface area contributed by atoms with Gasteiger partial charge in [0.25, 0.3) is 0 Å². The summed E-state index contributed by atoms with van der Waals surface area (Å²) in [6.07, 6.45) is 0. The standard InChI is InChI=1S/C31H24BrN5O2S3/c32-22-13-11-21(12-14-22)19-41-31-34-26-16-15-23(17-27(26)42-31)33-29(38)20-40-30-36-35-28(18-39-25-9-5-2-6-10-25)37(30)24-7-3-1-4-8-24/h1-17H,18-20H2,(H,33,38). The fraction of sp³-hybridized carbons (Fsp3) is 0.0968. The third kappa shape index (κ3) is 7.22. The van der Waals surface area contributed by atoms with Gasteiger partial charge in [-0.1, -0.05) is 88.0 Å². The van der Waals surface area contributed by atoms with Crippen LogP contribution in [0.1, 0.15) is 11.4 Å². The Morgan fingerprint density at radius 1 is 0.905 bits per heavy atom. The number of hydrogen-bond donors (Lipinski definition) is 1. The topological polar surface area (TPSA) is 81.9 Å². The number of carbonyl (C=O) groups excluding carboxylic acids is 1. The number of nitrogens with zero attached hydrogens (tertiary/aromatic N) is 4. The van der Waals surface area contributed by atoms with Crippen molar-refractivity contribution in [3.05, 3.63) is 119 Å². The second kappa shape index (κ2) is 13.6. The number of benzene rings is 4. The molecule has 0 bridgehead atoms. The molecular formula is C31H24BrN5O2S3. The van der Waals surface area contributed by atoms with Crippen molar-refractivity contribution in [2.45, 2.75) is 21.9 Å². The number of para-hydroxylation sites is 2. The number of carbonyl (C=O) groups is 1. The molecule has 11 heteroatoms. The van der Waals surface area contributed by atoms with Crippen molar-refractivity contribution in [1.82, 2.24) is 19.7 Å². The van der Waals surface area contributed by atoms with Crippen LogP contribution in [-0.2, 0) is 17.2 Å². The van der Waals surface area contributed by atoms with Crippen LogP contribution in [0.25, 0.3) is 15.9 Å². The molecular weight excluding hydrogens is 650 g/mol. The summed E-state index contributed by atoms with van der Waals surface area (Å²) in [7, 11) is 0. The van der Waals surface area contributed by atoms with Gasteiger partial charge in [0, 0.05) is 21.6 Å². The van der Waals surface area contributed by atoms with Gasteiger partial charge in [-0.15, -0.1) is 21.5 Å². The first kappa shape index (κ1) is 28.5. The highest BCUT2D eigenvalue weighted by atomic mass is 79.9. The number of anilines is 1. The Morgan fingerprint density at radius 2 is 1.67 bits per heavy atom. The SMILES string of the molecule is O=C(CSc1nnc(COc2ccccc2)n1-c1ccccc1)Nc1ccc2nc(SCc3ccc(Br)cc3)sc2c1. The Balaban J connectivity index is 1.09. The minimum absolute atomic E-state index is 0.126. The van der Waals surface area contributed by atoms with Gasteiger partial charge >= 0.3 is 0 Å². The van der Waals surface area contributed by atoms with Gasteiger partial charge in [0.15, 0.2) is 15.3 Å².